The fourth-order valence-electron chi connectivity index (χ4n) is 2.53. The molecule has 0 unspecified atom stereocenters. The summed E-state index contributed by atoms with van der Waals surface area (Å²) in [7, 11) is 1.65. The van der Waals surface area contributed by atoms with Crippen molar-refractivity contribution in [2.24, 2.45) is 5.10 Å². The fourth-order valence-corrected chi connectivity index (χ4v) is 3.19. The highest BCUT2D eigenvalue weighted by atomic mass is 32.1. The van der Waals surface area contributed by atoms with Gasteiger partial charge in [0.25, 0.3) is 0 Å². The molecule has 130 valence electrons. The number of methoxy groups -OCH3 is 1. The van der Waals surface area contributed by atoms with E-state index in [4.69, 9.17) is 4.74 Å². The minimum atomic E-state index is 0.728. The molecule has 4 rings (SSSR count). The van der Waals surface area contributed by atoms with Gasteiger partial charge >= 0.3 is 0 Å². The predicted molar refractivity (Wildman–Crippen MR) is 106 cm³/mol. The number of anilines is 1. The third kappa shape index (κ3) is 3.29. The zero-order chi connectivity index (χ0) is 17.9. The number of thiazole rings is 1. The van der Waals surface area contributed by atoms with Gasteiger partial charge in [0.2, 0.25) is 5.13 Å². The van der Waals surface area contributed by atoms with Crippen molar-refractivity contribution in [2.75, 3.05) is 12.5 Å². The zero-order valence-corrected chi connectivity index (χ0v) is 15.2. The van der Waals surface area contributed by atoms with Crippen LogP contribution in [0.25, 0.3) is 22.3 Å². The van der Waals surface area contributed by atoms with E-state index in [2.05, 4.69) is 25.5 Å². The summed E-state index contributed by atoms with van der Waals surface area (Å²) in [5.41, 5.74) is 7.63. The molecule has 6 nitrogen and oxygen atoms in total. The Balaban J connectivity index is 1.50. The maximum Gasteiger partial charge on any atom is 0.203 e. The van der Waals surface area contributed by atoms with Crippen LogP contribution in [-0.2, 0) is 0 Å². The summed E-state index contributed by atoms with van der Waals surface area (Å²) < 4.78 is 5.18. The van der Waals surface area contributed by atoms with E-state index in [0.29, 0.717) is 0 Å². The molecular weight excluding hydrogens is 346 g/mol. The van der Waals surface area contributed by atoms with Crippen LogP contribution in [0.3, 0.4) is 0 Å². The number of aromatic nitrogens is 3. The number of ether oxygens (including phenoxy) is 1. The standard InChI is InChI=1S/C19H17N5OS/c1-12(18-20-15-5-3-4-6-16(15)21-18)23-24-19-22-17(11-26-19)13-7-9-14(25-2)10-8-13/h3-11H,1-2H3,(H,20,21)(H,22,24). The Morgan fingerprint density at radius 1 is 1.12 bits per heavy atom. The van der Waals surface area contributed by atoms with Crippen LogP contribution in [0.4, 0.5) is 5.13 Å². The number of para-hydroxylation sites is 2. The Morgan fingerprint density at radius 2 is 1.92 bits per heavy atom. The molecule has 7 heteroatoms. The van der Waals surface area contributed by atoms with E-state index in [9.17, 15) is 0 Å². The summed E-state index contributed by atoms with van der Waals surface area (Å²) in [6.07, 6.45) is 0. The number of nitrogens with one attached hydrogen (secondary N) is 2. The molecule has 2 N–H and O–H groups in total. The normalized spacial score (nSPS) is 11.7. The van der Waals surface area contributed by atoms with E-state index in [0.717, 1.165) is 44.7 Å². The van der Waals surface area contributed by atoms with Gasteiger partial charge < -0.3 is 9.72 Å². The van der Waals surface area contributed by atoms with Crippen LogP contribution in [-0.4, -0.2) is 27.8 Å². The molecule has 0 saturated heterocycles. The third-order valence-corrected chi connectivity index (χ3v) is 4.69. The van der Waals surface area contributed by atoms with Crippen molar-refractivity contribution in [3.05, 3.63) is 59.7 Å². The molecule has 0 spiro atoms. The lowest BCUT2D eigenvalue weighted by Crippen LogP contribution is -2.01. The zero-order valence-electron chi connectivity index (χ0n) is 14.4. The van der Waals surface area contributed by atoms with Gasteiger partial charge in [0, 0.05) is 10.9 Å². The molecule has 0 aliphatic heterocycles. The molecule has 0 radical (unpaired) electrons. The second-order valence-electron chi connectivity index (χ2n) is 5.68. The van der Waals surface area contributed by atoms with E-state index in [-0.39, 0.29) is 0 Å². The van der Waals surface area contributed by atoms with Crippen molar-refractivity contribution in [3.63, 3.8) is 0 Å². The summed E-state index contributed by atoms with van der Waals surface area (Å²) in [6, 6.07) is 15.7. The Hall–Kier alpha value is -3.19. The summed E-state index contributed by atoms with van der Waals surface area (Å²) in [4.78, 5) is 12.4. The number of rotatable bonds is 5. The van der Waals surface area contributed by atoms with Crippen LogP contribution >= 0.6 is 11.3 Å². The summed E-state index contributed by atoms with van der Waals surface area (Å²) in [6.45, 7) is 1.91. The molecule has 0 aliphatic rings. The smallest absolute Gasteiger partial charge is 0.203 e. The van der Waals surface area contributed by atoms with Crippen LogP contribution in [0, 0.1) is 0 Å². The number of benzene rings is 2. The second kappa shape index (κ2) is 6.97. The minimum absolute atomic E-state index is 0.728. The van der Waals surface area contributed by atoms with E-state index in [1.807, 2.05) is 60.8 Å². The number of H-pyrrole nitrogens is 1. The van der Waals surface area contributed by atoms with E-state index < -0.39 is 0 Å². The highest BCUT2D eigenvalue weighted by Crippen LogP contribution is 2.26. The van der Waals surface area contributed by atoms with Crippen molar-refractivity contribution in [2.45, 2.75) is 6.92 Å². The van der Waals surface area contributed by atoms with Gasteiger partial charge in [0.05, 0.1) is 23.8 Å². The first-order chi connectivity index (χ1) is 12.7. The Kier molecular flexibility index (Phi) is 4.37. The van der Waals surface area contributed by atoms with Crippen LogP contribution in [0.1, 0.15) is 12.7 Å². The number of hydrogen-bond acceptors (Lipinski definition) is 6. The number of fused-ring (bicyclic) bond motifs is 1. The molecule has 0 bridgehead atoms. The number of aromatic amines is 1. The molecule has 2 aromatic carbocycles. The van der Waals surface area contributed by atoms with Gasteiger partial charge in [0.1, 0.15) is 11.5 Å². The predicted octanol–water partition coefficient (Wildman–Crippen LogP) is 4.53. The molecule has 2 aromatic heterocycles. The molecule has 4 aromatic rings. The monoisotopic (exact) mass is 363 g/mol. The number of hydrogen-bond donors (Lipinski definition) is 2. The van der Waals surface area contributed by atoms with Crippen molar-refractivity contribution in [3.8, 4) is 17.0 Å². The van der Waals surface area contributed by atoms with E-state index in [1.54, 1.807) is 7.11 Å². The SMILES string of the molecule is COc1ccc(-c2csc(NN=C(C)c3nc4ccccc4[nH]3)n2)cc1. The van der Waals surface area contributed by atoms with Crippen LogP contribution < -0.4 is 10.2 Å². The highest BCUT2D eigenvalue weighted by Gasteiger charge is 2.07. The van der Waals surface area contributed by atoms with Gasteiger partial charge in [-0.2, -0.15) is 5.10 Å². The van der Waals surface area contributed by atoms with Gasteiger partial charge in [-0.1, -0.05) is 12.1 Å². The lowest BCUT2D eigenvalue weighted by atomic mass is 10.2. The van der Waals surface area contributed by atoms with Crippen LogP contribution in [0.2, 0.25) is 0 Å². The van der Waals surface area contributed by atoms with Crippen molar-refractivity contribution >= 4 is 33.2 Å². The Bertz CT molecular complexity index is 1030. The van der Waals surface area contributed by atoms with Gasteiger partial charge in [-0.15, -0.1) is 11.3 Å². The number of imidazole rings is 1. The largest absolute Gasteiger partial charge is 0.497 e. The molecule has 0 saturated carbocycles. The molecular formula is C19H17N5OS. The van der Waals surface area contributed by atoms with Crippen molar-refractivity contribution in [1.29, 1.82) is 0 Å². The highest BCUT2D eigenvalue weighted by molar-refractivity contribution is 7.14. The van der Waals surface area contributed by atoms with Gasteiger partial charge in [0.15, 0.2) is 5.82 Å². The van der Waals surface area contributed by atoms with E-state index in [1.165, 1.54) is 11.3 Å². The first kappa shape index (κ1) is 16.3. The van der Waals surface area contributed by atoms with Crippen LogP contribution in [0.15, 0.2) is 59.0 Å². The molecule has 0 aliphatic carbocycles. The quantitative estimate of drug-likeness (QED) is 0.403. The average molecular weight is 363 g/mol. The second-order valence-corrected chi connectivity index (χ2v) is 6.54. The summed E-state index contributed by atoms with van der Waals surface area (Å²) in [5, 5.41) is 7.12. The van der Waals surface area contributed by atoms with Gasteiger partial charge in [-0.3, -0.25) is 5.43 Å². The first-order valence-corrected chi connectivity index (χ1v) is 8.96. The fraction of sp³-hybridized carbons (Fsp3) is 0.105. The third-order valence-electron chi connectivity index (χ3n) is 3.94. The van der Waals surface area contributed by atoms with E-state index >= 15 is 0 Å². The lowest BCUT2D eigenvalue weighted by molar-refractivity contribution is 0.415. The Morgan fingerprint density at radius 3 is 2.69 bits per heavy atom. The maximum atomic E-state index is 5.18. The average Bonchev–Trinajstić information content (AvgIpc) is 3.33. The number of hydrazone groups is 1. The summed E-state index contributed by atoms with van der Waals surface area (Å²) >= 11 is 1.51. The first-order valence-electron chi connectivity index (χ1n) is 8.08. The Labute approximate surface area is 154 Å². The number of nitrogens with zero attached hydrogens (tertiary/aromatic N) is 3. The minimum Gasteiger partial charge on any atom is -0.497 e. The van der Waals surface area contributed by atoms with Crippen molar-refractivity contribution in [1.82, 2.24) is 15.0 Å². The molecule has 2 heterocycles. The van der Waals surface area contributed by atoms with Crippen LogP contribution in [0.5, 0.6) is 5.75 Å². The maximum absolute atomic E-state index is 5.18. The van der Waals surface area contributed by atoms with Gasteiger partial charge in [-0.25, -0.2) is 9.97 Å². The summed E-state index contributed by atoms with van der Waals surface area (Å²) in [5.74, 6) is 1.57. The molecule has 0 atom stereocenters. The lowest BCUT2D eigenvalue weighted by Gasteiger charge is -2.00. The molecule has 0 amide bonds. The molecule has 0 fully saturated rings. The van der Waals surface area contributed by atoms with Gasteiger partial charge in [-0.05, 0) is 43.3 Å². The van der Waals surface area contributed by atoms with Crippen molar-refractivity contribution < 1.29 is 4.74 Å². The topological polar surface area (TPSA) is 75.2 Å². The molecule has 26 heavy (non-hydrogen) atoms.